The van der Waals surface area contributed by atoms with Gasteiger partial charge in [0.25, 0.3) is 5.56 Å². The van der Waals surface area contributed by atoms with Crippen LogP contribution >= 0.6 is 23.1 Å². The van der Waals surface area contributed by atoms with Crippen LogP contribution in [0.25, 0.3) is 15.9 Å². The van der Waals surface area contributed by atoms with Gasteiger partial charge in [-0.2, -0.15) is 0 Å². The van der Waals surface area contributed by atoms with Crippen LogP contribution in [0.3, 0.4) is 0 Å². The van der Waals surface area contributed by atoms with Crippen molar-refractivity contribution in [3.63, 3.8) is 0 Å². The fourth-order valence-corrected chi connectivity index (χ4v) is 5.14. The second-order valence-electron chi connectivity index (χ2n) is 6.98. The number of nitrogens with one attached hydrogen (secondary N) is 2. The summed E-state index contributed by atoms with van der Waals surface area (Å²) >= 11 is 3.04. The lowest BCUT2D eigenvalue weighted by molar-refractivity contribution is 0.262. The molecule has 0 aliphatic rings. The third-order valence-electron chi connectivity index (χ3n) is 4.53. The molecule has 2 N–H and O–H groups in total. The predicted molar refractivity (Wildman–Crippen MR) is 127 cm³/mol. The van der Waals surface area contributed by atoms with E-state index < -0.39 is 0 Å². The summed E-state index contributed by atoms with van der Waals surface area (Å²) < 4.78 is 8.32. The lowest BCUT2D eigenvalue weighted by atomic mass is 10.3. The molecule has 0 aliphatic carbocycles. The van der Waals surface area contributed by atoms with E-state index in [9.17, 15) is 9.59 Å². The zero-order valence-corrected chi connectivity index (χ0v) is 18.5. The SMILES string of the molecule is Cc1cc2nc(CSc3nc4ccc(NC(=O)Nc5ccccc5)cc4s3)cc(=O)n2o1. The maximum absolute atomic E-state index is 12.2. The maximum atomic E-state index is 12.2. The zero-order valence-electron chi connectivity index (χ0n) is 16.9. The van der Waals surface area contributed by atoms with E-state index in [1.54, 1.807) is 13.0 Å². The van der Waals surface area contributed by atoms with Crippen molar-refractivity contribution in [2.75, 3.05) is 10.6 Å². The van der Waals surface area contributed by atoms with Gasteiger partial charge in [-0.05, 0) is 37.3 Å². The van der Waals surface area contributed by atoms with E-state index >= 15 is 0 Å². The van der Waals surface area contributed by atoms with Gasteiger partial charge in [0.2, 0.25) is 0 Å². The molecule has 160 valence electrons. The van der Waals surface area contributed by atoms with Crippen molar-refractivity contribution in [3.8, 4) is 0 Å². The van der Waals surface area contributed by atoms with Gasteiger partial charge in [-0.1, -0.05) is 30.0 Å². The minimum absolute atomic E-state index is 0.243. The molecular formula is C22H17N5O3S2. The molecule has 0 atom stereocenters. The number of hydrogen-bond acceptors (Lipinski definition) is 7. The molecule has 8 nitrogen and oxygen atoms in total. The smallest absolute Gasteiger partial charge is 0.323 e. The van der Waals surface area contributed by atoms with E-state index in [1.807, 2.05) is 48.5 Å². The molecule has 10 heteroatoms. The number of hydrogen-bond donors (Lipinski definition) is 2. The highest BCUT2D eigenvalue weighted by atomic mass is 32.2. The van der Waals surface area contributed by atoms with E-state index in [0.29, 0.717) is 28.5 Å². The molecule has 2 amide bonds. The summed E-state index contributed by atoms with van der Waals surface area (Å²) in [6.07, 6.45) is 0. The Morgan fingerprint density at radius 1 is 1.06 bits per heavy atom. The van der Waals surface area contributed by atoms with Gasteiger partial charge in [0.15, 0.2) is 9.99 Å². The first-order valence-electron chi connectivity index (χ1n) is 9.69. The molecule has 0 bridgehead atoms. The highest BCUT2D eigenvalue weighted by molar-refractivity contribution is 8.00. The maximum Gasteiger partial charge on any atom is 0.323 e. The molecule has 32 heavy (non-hydrogen) atoms. The summed E-state index contributed by atoms with van der Waals surface area (Å²) in [5, 5.41) is 5.63. The Balaban J connectivity index is 1.28. The standard InChI is InChI=1S/C22H17N5O3S2/c1-13-9-19-23-16(11-20(28)27(19)30-13)12-31-22-26-17-8-7-15(10-18(17)32-22)25-21(29)24-14-5-3-2-4-6-14/h2-11H,12H2,1H3,(H2,24,25,29). The Morgan fingerprint density at radius 2 is 1.88 bits per heavy atom. The zero-order chi connectivity index (χ0) is 22.1. The molecule has 5 aromatic rings. The van der Waals surface area contributed by atoms with E-state index in [-0.39, 0.29) is 11.6 Å². The number of thioether (sulfide) groups is 1. The molecule has 0 fully saturated rings. The molecule has 0 radical (unpaired) electrons. The number of urea groups is 1. The highest BCUT2D eigenvalue weighted by Crippen LogP contribution is 2.32. The average molecular weight is 464 g/mol. The van der Waals surface area contributed by atoms with Crippen LogP contribution in [-0.4, -0.2) is 20.6 Å². The van der Waals surface area contributed by atoms with E-state index in [1.165, 1.54) is 33.7 Å². The molecule has 3 heterocycles. The number of carbonyl (C=O) groups is 1. The number of aryl methyl sites for hydroxylation is 1. The number of anilines is 2. The van der Waals surface area contributed by atoms with Gasteiger partial charge in [-0.3, -0.25) is 4.79 Å². The Bertz CT molecular complexity index is 1490. The number of nitrogens with zero attached hydrogens (tertiary/aromatic N) is 3. The average Bonchev–Trinajstić information content (AvgIpc) is 3.35. The molecule has 2 aromatic carbocycles. The number of benzene rings is 2. The molecule has 0 saturated heterocycles. The van der Waals surface area contributed by atoms with Gasteiger partial charge < -0.3 is 15.2 Å². The van der Waals surface area contributed by atoms with Gasteiger partial charge in [0.1, 0.15) is 5.76 Å². The molecule has 3 aromatic heterocycles. The number of thiazole rings is 1. The fourth-order valence-electron chi connectivity index (χ4n) is 3.14. The van der Waals surface area contributed by atoms with Crippen molar-refractivity contribution in [2.45, 2.75) is 17.0 Å². The molecule has 0 saturated carbocycles. The van der Waals surface area contributed by atoms with Crippen molar-refractivity contribution in [3.05, 3.63) is 82.5 Å². The summed E-state index contributed by atoms with van der Waals surface area (Å²) in [6.45, 7) is 1.78. The molecule has 5 rings (SSSR count). The quantitative estimate of drug-likeness (QED) is 0.350. The van der Waals surface area contributed by atoms with Gasteiger partial charge in [0, 0.05) is 29.3 Å². The van der Waals surface area contributed by atoms with Gasteiger partial charge in [-0.25, -0.2) is 14.8 Å². The van der Waals surface area contributed by atoms with Gasteiger partial charge in [0.05, 0.1) is 15.9 Å². The highest BCUT2D eigenvalue weighted by Gasteiger charge is 2.10. The summed E-state index contributed by atoms with van der Waals surface area (Å²) in [5.74, 6) is 1.15. The monoisotopic (exact) mass is 463 g/mol. The normalized spacial score (nSPS) is 11.2. The molecule has 0 aliphatic heterocycles. The van der Waals surface area contributed by atoms with E-state index in [0.717, 1.165) is 20.2 Å². The lowest BCUT2D eigenvalue weighted by Gasteiger charge is -2.07. The van der Waals surface area contributed by atoms with Crippen LogP contribution in [0, 0.1) is 6.92 Å². The molecule has 0 spiro atoms. The molecule has 0 unspecified atom stereocenters. The van der Waals surface area contributed by atoms with Crippen LogP contribution in [0.4, 0.5) is 16.2 Å². The van der Waals surface area contributed by atoms with Crippen molar-refractivity contribution < 1.29 is 9.32 Å². The van der Waals surface area contributed by atoms with Gasteiger partial charge in [-0.15, -0.1) is 15.9 Å². The topological polar surface area (TPSA) is 102 Å². The predicted octanol–water partition coefficient (Wildman–Crippen LogP) is 5.14. The Morgan fingerprint density at radius 3 is 2.72 bits per heavy atom. The fraction of sp³-hybridized carbons (Fsp3) is 0.0909. The van der Waals surface area contributed by atoms with Crippen LogP contribution < -0.4 is 16.2 Å². The summed E-state index contributed by atoms with van der Waals surface area (Å²) in [4.78, 5) is 33.5. The number of fused-ring (bicyclic) bond motifs is 2. The van der Waals surface area contributed by atoms with Crippen LogP contribution in [-0.2, 0) is 5.75 Å². The Labute approximate surface area is 190 Å². The van der Waals surface area contributed by atoms with E-state index in [4.69, 9.17) is 4.52 Å². The van der Waals surface area contributed by atoms with Crippen molar-refractivity contribution in [1.29, 1.82) is 0 Å². The first-order valence-corrected chi connectivity index (χ1v) is 11.5. The number of aromatic nitrogens is 3. The van der Waals surface area contributed by atoms with Crippen molar-refractivity contribution in [1.82, 2.24) is 14.5 Å². The van der Waals surface area contributed by atoms with E-state index in [2.05, 4.69) is 20.6 Å². The number of rotatable bonds is 5. The summed E-state index contributed by atoms with van der Waals surface area (Å²) in [5.41, 5.74) is 3.17. The Kier molecular flexibility index (Phi) is 5.38. The van der Waals surface area contributed by atoms with Crippen molar-refractivity contribution >= 4 is 56.4 Å². The van der Waals surface area contributed by atoms with Crippen LogP contribution in [0.1, 0.15) is 11.5 Å². The first-order chi connectivity index (χ1) is 15.5. The largest absolute Gasteiger partial charge is 0.375 e. The lowest BCUT2D eigenvalue weighted by Crippen LogP contribution is -2.19. The van der Waals surface area contributed by atoms with Crippen LogP contribution in [0.15, 0.2) is 74.3 Å². The first kappa shape index (κ1) is 20.3. The third-order valence-corrected chi connectivity index (χ3v) is 6.72. The second-order valence-corrected chi connectivity index (χ2v) is 9.23. The second kappa shape index (κ2) is 8.48. The summed E-state index contributed by atoms with van der Waals surface area (Å²) in [7, 11) is 0. The number of para-hydroxylation sites is 1. The minimum atomic E-state index is -0.308. The summed E-state index contributed by atoms with van der Waals surface area (Å²) in [6, 6.07) is 17.7. The minimum Gasteiger partial charge on any atom is -0.375 e. The van der Waals surface area contributed by atoms with Crippen molar-refractivity contribution in [2.24, 2.45) is 0 Å². The van der Waals surface area contributed by atoms with Crippen LogP contribution in [0.2, 0.25) is 0 Å². The molecular weight excluding hydrogens is 446 g/mol. The number of carbonyl (C=O) groups excluding carboxylic acids is 1. The Hall–Kier alpha value is -3.63. The third kappa shape index (κ3) is 4.36. The van der Waals surface area contributed by atoms with Crippen LogP contribution in [0.5, 0.6) is 0 Å². The number of amides is 2. The van der Waals surface area contributed by atoms with Gasteiger partial charge >= 0.3 is 6.03 Å².